The van der Waals surface area contributed by atoms with Crippen molar-refractivity contribution in [1.29, 1.82) is 0 Å². The van der Waals surface area contributed by atoms with E-state index < -0.39 is 0 Å². The van der Waals surface area contributed by atoms with Gasteiger partial charge in [-0.15, -0.1) is 0 Å². The first-order valence-corrected chi connectivity index (χ1v) is 6.13. The maximum atomic E-state index is 4.11. The summed E-state index contributed by atoms with van der Waals surface area (Å²) in [6, 6.07) is 0.535. The molecule has 1 nitrogen and oxygen atoms in total. The molecule has 1 fully saturated rings. The summed E-state index contributed by atoms with van der Waals surface area (Å²) in [4.78, 5) is 0. The van der Waals surface area contributed by atoms with Gasteiger partial charge >= 0.3 is 0 Å². The van der Waals surface area contributed by atoms with Crippen molar-refractivity contribution in [2.45, 2.75) is 64.8 Å². The van der Waals surface area contributed by atoms with E-state index >= 15 is 0 Å². The van der Waals surface area contributed by atoms with Gasteiger partial charge in [0.25, 0.3) is 0 Å². The summed E-state index contributed by atoms with van der Waals surface area (Å²) in [5.74, 6) is 0.899. The van der Waals surface area contributed by atoms with Crippen LogP contribution in [-0.2, 0) is 0 Å². The summed E-state index contributed by atoms with van der Waals surface area (Å²) in [6.45, 7) is 8.47. The molecule has 0 unspecified atom stereocenters. The van der Waals surface area contributed by atoms with Crippen LogP contribution >= 0.6 is 0 Å². The number of hydrogen-bond donors (Lipinski definition) is 1. The summed E-state index contributed by atoms with van der Waals surface area (Å²) in [5.41, 5.74) is 1.24. The Morgan fingerprint density at radius 3 is 2.29 bits per heavy atom. The first-order chi connectivity index (χ1) is 6.68. The third-order valence-electron chi connectivity index (χ3n) is 3.00. The van der Waals surface area contributed by atoms with Crippen LogP contribution in [-0.4, -0.2) is 6.04 Å². The molecule has 0 aliphatic heterocycles. The first kappa shape index (κ1) is 11.6. The topological polar surface area (TPSA) is 12.0 Å². The molecule has 0 aromatic carbocycles. The Morgan fingerprint density at radius 1 is 1.21 bits per heavy atom. The first-order valence-electron chi connectivity index (χ1n) is 6.13. The van der Waals surface area contributed by atoms with Crippen molar-refractivity contribution >= 4 is 0 Å². The van der Waals surface area contributed by atoms with Crippen LogP contribution in [0.1, 0.15) is 58.8 Å². The lowest BCUT2D eigenvalue weighted by Gasteiger charge is -2.18. The van der Waals surface area contributed by atoms with Crippen LogP contribution in [0, 0.1) is 5.92 Å². The lowest BCUT2D eigenvalue weighted by molar-refractivity contribution is 0.440. The maximum absolute atomic E-state index is 4.11. The van der Waals surface area contributed by atoms with Gasteiger partial charge in [0.2, 0.25) is 0 Å². The molecule has 0 bridgehead atoms. The predicted molar refractivity (Wildman–Crippen MR) is 63.2 cm³/mol. The van der Waals surface area contributed by atoms with E-state index in [-0.39, 0.29) is 0 Å². The second kappa shape index (κ2) is 6.10. The molecule has 82 valence electrons. The Hall–Kier alpha value is -0.460. The predicted octanol–water partition coefficient (Wildman–Crippen LogP) is 3.86. The minimum Gasteiger partial charge on any atom is -0.387 e. The highest BCUT2D eigenvalue weighted by atomic mass is 14.9. The van der Waals surface area contributed by atoms with Crippen LogP contribution in [0.4, 0.5) is 0 Å². The highest BCUT2D eigenvalue weighted by Crippen LogP contribution is 2.26. The van der Waals surface area contributed by atoms with Crippen molar-refractivity contribution in [2.75, 3.05) is 0 Å². The summed E-state index contributed by atoms with van der Waals surface area (Å²) in [6.07, 6.45) is 9.77. The van der Waals surface area contributed by atoms with E-state index in [9.17, 15) is 0 Å². The maximum Gasteiger partial charge on any atom is 0.0201 e. The molecule has 1 saturated carbocycles. The van der Waals surface area contributed by atoms with E-state index in [2.05, 4.69) is 25.7 Å². The average Bonchev–Trinajstić information content (AvgIpc) is 2.31. The Kier molecular flexibility index (Phi) is 5.06. The highest BCUT2D eigenvalue weighted by Gasteiger charge is 2.13. The SMILES string of the molecule is C=C(CC1CCCCCC1)NC(C)C. The minimum absolute atomic E-state index is 0.535. The zero-order chi connectivity index (χ0) is 10.4. The van der Waals surface area contributed by atoms with Crippen LogP contribution < -0.4 is 5.32 Å². The van der Waals surface area contributed by atoms with Crippen LogP contribution in [0.2, 0.25) is 0 Å². The van der Waals surface area contributed by atoms with Gasteiger partial charge in [-0.25, -0.2) is 0 Å². The van der Waals surface area contributed by atoms with E-state index in [0.29, 0.717) is 6.04 Å². The van der Waals surface area contributed by atoms with Crippen molar-refractivity contribution in [3.8, 4) is 0 Å². The number of hydrogen-bond acceptors (Lipinski definition) is 1. The lowest BCUT2D eigenvalue weighted by atomic mass is 9.95. The van der Waals surface area contributed by atoms with Crippen molar-refractivity contribution in [3.63, 3.8) is 0 Å². The van der Waals surface area contributed by atoms with Gasteiger partial charge in [0.15, 0.2) is 0 Å². The van der Waals surface area contributed by atoms with E-state index in [4.69, 9.17) is 0 Å². The Morgan fingerprint density at radius 2 is 1.79 bits per heavy atom. The molecule has 1 aliphatic carbocycles. The van der Waals surface area contributed by atoms with Gasteiger partial charge in [-0.3, -0.25) is 0 Å². The standard InChI is InChI=1S/C13H25N/c1-11(2)14-12(3)10-13-8-6-4-5-7-9-13/h11,13-14H,3-10H2,1-2H3. The van der Waals surface area contributed by atoms with E-state index in [1.54, 1.807) is 0 Å². The quantitative estimate of drug-likeness (QED) is 0.672. The van der Waals surface area contributed by atoms with Crippen molar-refractivity contribution < 1.29 is 0 Å². The smallest absolute Gasteiger partial charge is 0.0201 e. The number of allylic oxidation sites excluding steroid dienone is 1. The van der Waals surface area contributed by atoms with E-state index in [1.807, 2.05) is 0 Å². The molecule has 0 aromatic rings. The minimum atomic E-state index is 0.535. The molecule has 0 radical (unpaired) electrons. The molecular formula is C13H25N. The van der Waals surface area contributed by atoms with E-state index in [1.165, 1.54) is 50.6 Å². The molecule has 0 heterocycles. The number of rotatable bonds is 4. The Bertz CT molecular complexity index is 164. The second-order valence-electron chi connectivity index (χ2n) is 4.96. The van der Waals surface area contributed by atoms with Crippen LogP contribution in [0.5, 0.6) is 0 Å². The summed E-state index contributed by atoms with van der Waals surface area (Å²) in [5, 5.41) is 3.42. The van der Waals surface area contributed by atoms with Crippen LogP contribution in [0.25, 0.3) is 0 Å². The molecule has 1 aliphatic rings. The molecule has 1 N–H and O–H groups in total. The normalized spacial score (nSPS) is 19.4. The average molecular weight is 195 g/mol. The molecule has 14 heavy (non-hydrogen) atoms. The molecule has 0 atom stereocenters. The van der Waals surface area contributed by atoms with Crippen molar-refractivity contribution in [2.24, 2.45) is 5.92 Å². The van der Waals surface area contributed by atoms with Gasteiger partial charge in [-0.2, -0.15) is 0 Å². The van der Waals surface area contributed by atoms with Gasteiger partial charge < -0.3 is 5.32 Å². The molecular weight excluding hydrogens is 170 g/mol. The molecule has 0 amide bonds. The summed E-state index contributed by atoms with van der Waals surface area (Å²) < 4.78 is 0. The molecule has 1 rings (SSSR count). The highest BCUT2D eigenvalue weighted by molar-refractivity contribution is 4.94. The van der Waals surface area contributed by atoms with E-state index in [0.717, 1.165) is 5.92 Å². The van der Waals surface area contributed by atoms with Crippen LogP contribution in [0.3, 0.4) is 0 Å². The molecule has 0 spiro atoms. The Labute approximate surface area is 89.0 Å². The third kappa shape index (κ3) is 4.69. The zero-order valence-corrected chi connectivity index (χ0v) is 9.81. The van der Waals surface area contributed by atoms with Gasteiger partial charge in [0.1, 0.15) is 0 Å². The third-order valence-corrected chi connectivity index (χ3v) is 3.00. The van der Waals surface area contributed by atoms with Crippen LogP contribution in [0.15, 0.2) is 12.3 Å². The largest absolute Gasteiger partial charge is 0.387 e. The fraction of sp³-hybridized carbons (Fsp3) is 0.846. The monoisotopic (exact) mass is 195 g/mol. The molecule has 1 heteroatoms. The molecule has 0 aromatic heterocycles. The van der Waals surface area contributed by atoms with Gasteiger partial charge in [0, 0.05) is 11.7 Å². The summed E-state index contributed by atoms with van der Waals surface area (Å²) >= 11 is 0. The van der Waals surface area contributed by atoms with Gasteiger partial charge in [-0.05, 0) is 26.2 Å². The zero-order valence-electron chi connectivity index (χ0n) is 9.81. The fourth-order valence-corrected chi connectivity index (χ4v) is 2.38. The number of nitrogens with one attached hydrogen (secondary N) is 1. The molecule has 0 saturated heterocycles. The second-order valence-corrected chi connectivity index (χ2v) is 4.96. The lowest BCUT2D eigenvalue weighted by Crippen LogP contribution is -2.22. The van der Waals surface area contributed by atoms with Gasteiger partial charge in [0.05, 0.1) is 0 Å². The van der Waals surface area contributed by atoms with Gasteiger partial charge in [-0.1, -0.05) is 45.1 Å². The van der Waals surface area contributed by atoms with Crippen molar-refractivity contribution in [1.82, 2.24) is 5.32 Å². The van der Waals surface area contributed by atoms with Crippen molar-refractivity contribution in [3.05, 3.63) is 12.3 Å². The fourth-order valence-electron chi connectivity index (χ4n) is 2.38. The Balaban J connectivity index is 2.23. The summed E-state index contributed by atoms with van der Waals surface area (Å²) in [7, 11) is 0.